The summed E-state index contributed by atoms with van der Waals surface area (Å²) in [5.41, 5.74) is -0.150. The van der Waals surface area contributed by atoms with Crippen LogP contribution in [0.4, 0.5) is 24.7 Å². The van der Waals surface area contributed by atoms with Crippen LogP contribution in [-0.4, -0.2) is 48.6 Å². The molecule has 33 heavy (non-hydrogen) atoms. The number of aryl methyl sites for hydroxylation is 1. The van der Waals surface area contributed by atoms with Gasteiger partial charge in [-0.1, -0.05) is 29.2 Å². The van der Waals surface area contributed by atoms with Gasteiger partial charge in [-0.25, -0.2) is 9.99 Å². The van der Waals surface area contributed by atoms with Crippen molar-refractivity contribution in [2.75, 3.05) is 10.3 Å². The first-order valence-electron chi connectivity index (χ1n) is 9.94. The van der Waals surface area contributed by atoms with Gasteiger partial charge >= 0.3 is 6.18 Å². The fourth-order valence-electron chi connectivity index (χ4n) is 3.33. The van der Waals surface area contributed by atoms with E-state index in [1.54, 1.807) is 26.8 Å². The number of benzene rings is 1. The molecular formula is C21H20BClF3N5O2. The number of anilines is 2. The standard InChI is InChI=1S/C21H20BClF3N5O2/c1-10(2)28-19(32)13-8-12(22)7-11(3)17(13)29-20(33)15-9-16(21(24,25)26)30-31(15)18-14(23)5-4-6-27-18/h4-8,10,15H,9H2,1-3H3,(H,28,32)(H,29,33). The van der Waals surface area contributed by atoms with Gasteiger partial charge in [-0.05, 0) is 38.5 Å². The number of carbonyl (C=O) groups is 2. The second kappa shape index (κ2) is 9.42. The van der Waals surface area contributed by atoms with Gasteiger partial charge in [0.1, 0.15) is 19.6 Å². The Morgan fingerprint density at radius 1 is 1.30 bits per heavy atom. The minimum absolute atomic E-state index is 0.0307. The molecule has 172 valence electrons. The van der Waals surface area contributed by atoms with Crippen molar-refractivity contribution < 1.29 is 22.8 Å². The van der Waals surface area contributed by atoms with Crippen molar-refractivity contribution in [3.8, 4) is 0 Å². The summed E-state index contributed by atoms with van der Waals surface area (Å²) in [5.74, 6) is -1.39. The molecule has 1 aromatic carbocycles. The van der Waals surface area contributed by atoms with E-state index < -0.39 is 36.2 Å². The molecule has 0 bridgehead atoms. The number of halogens is 4. The van der Waals surface area contributed by atoms with E-state index >= 15 is 0 Å². The maximum Gasteiger partial charge on any atom is 0.431 e. The summed E-state index contributed by atoms with van der Waals surface area (Å²) in [5, 5.41) is 9.76. The minimum Gasteiger partial charge on any atom is -0.350 e. The highest BCUT2D eigenvalue weighted by Gasteiger charge is 2.46. The lowest BCUT2D eigenvalue weighted by Crippen LogP contribution is -2.40. The number of nitrogens with zero attached hydrogens (tertiary/aromatic N) is 3. The Morgan fingerprint density at radius 3 is 2.61 bits per heavy atom. The van der Waals surface area contributed by atoms with E-state index in [0.29, 0.717) is 11.0 Å². The first-order valence-corrected chi connectivity index (χ1v) is 10.3. The van der Waals surface area contributed by atoms with Crippen LogP contribution in [0.5, 0.6) is 0 Å². The molecule has 2 radical (unpaired) electrons. The fourth-order valence-corrected chi connectivity index (χ4v) is 3.54. The number of rotatable bonds is 5. The zero-order chi connectivity index (χ0) is 24.5. The molecule has 0 spiro atoms. The molecule has 0 saturated heterocycles. The molecule has 3 rings (SSSR count). The van der Waals surface area contributed by atoms with E-state index in [0.717, 1.165) is 5.01 Å². The summed E-state index contributed by atoms with van der Waals surface area (Å²) < 4.78 is 40.2. The summed E-state index contributed by atoms with van der Waals surface area (Å²) >= 11 is 6.10. The Labute approximate surface area is 194 Å². The smallest absolute Gasteiger partial charge is 0.350 e. The van der Waals surface area contributed by atoms with Crippen molar-refractivity contribution in [2.45, 2.75) is 45.5 Å². The highest BCUT2D eigenvalue weighted by Crippen LogP contribution is 2.34. The quantitative estimate of drug-likeness (QED) is 0.648. The van der Waals surface area contributed by atoms with Crippen LogP contribution in [-0.2, 0) is 4.79 Å². The number of aromatic nitrogens is 1. The van der Waals surface area contributed by atoms with Crippen LogP contribution in [0, 0.1) is 6.92 Å². The largest absolute Gasteiger partial charge is 0.431 e. The second-order valence-electron chi connectivity index (χ2n) is 7.80. The molecule has 12 heteroatoms. The molecule has 2 aromatic rings. The van der Waals surface area contributed by atoms with Crippen LogP contribution >= 0.6 is 11.6 Å². The average molecular weight is 478 g/mol. The summed E-state index contributed by atoms with van der Waals surface area (Å²) in [6, 6.07) is 4.27. The molecule has 2 heterocycles. The van der Waals surface area contributed by atoms with Gasteiger partial charge in [0.05, 0.1) is 16.3 Å². The second-order valence-corrected chi connectivity index (χ2v) is 8.20. The van der Waals surface area contributed by atoms with Gasteiger partial charge in [-0.15, -0.1) is 0 Å². The molecule has 1 unspecified atom stereocenters. The number of carbonyl (C=O) groups excluding carboxylic acids is 2. The summed E-state index contributed by atoms with van der Waals surface area (Å²) in [4.78, 5) is 29.8. The zero-order valence-corrected chi connectivity index (χ0v) is 18.8. The monoisotopic (exact) mass is 477 g/mol. The number of pyridine rings is 1. The van der Waals surface area contributed by atoms with Gasteiger partial charge in [0.15, 0.2) is 5.82 Å². The lowest BCUT2D eigenvalue weighted by Gasteiger charge is -2.24. The molecule has 7 nitrogen and oxygen atoms in total. The molecule has 0 aliphatic carbocycles. The van der Waals surface area contributed by atoms with Crippen LogP contribution in [0.1, 0.15) is 36.2 Å². The van der Waals surface area contributed by atoms with Crippen molar-refractivity contribution in [1.29, 1.82) is 0 Å². The van der Waals surface area contributed by atoms with E-state index in [4.69, 9.17) is 19.4 Å². The molecule has 2 N–H and O–H groups in total. The van der Waals surface area contributed by atoms with Crippen LogP contribution in [0.3, 0.4) is 0 Å². The number of hydrogen-bond acceptors (Lipinski definition) is 5. The van der Waals surface area contributed by atoms with Gasteiger partial charge in [0, 0.05) is 18.7 Å². The van der Waals surface area contributed by atoms with Crippen molar-refractivity contribution in [3.05, 3.63) is 46.6 Å². The fraction of sp³-hybridized carbons (Fsp3) is 0.333. The molecule has 1 aliphatic heterocycles. The molecular weight excluding hydrogens is 458 g/mol. The third-order valence-corrected chi connectivity index (χ3v) is 5.06. The Bertz CT molecular complexity index is 1120. The Balaban J connectivity index is 1.98. The maximum absolute atomic E-state index is 13.4. The Morgan fingerprint density at radius 2 is 2.00 bits per heavy atom. The van der Waals surface area contributed by atoms with E-state index in [-0.39, 0.29) is 28.1 Å². The minimum atomic E-state index is -4.74. The number of hydrazone groups is 1. The number of hydrogen-bond donors (Lipinski definition) is 2. The average Bonchev–Trinajstić information content (AvgIpc) is 3.15. The van der Waals surface area contributed by atoms with Crippen LogP contribution in [0.25, 0.3) is 0 Å². The molecule has 1 aromatic heterocycles. The summed E-state index contributed by atoms with van der Waals surface area (Å²) in [7, 11) is 5.86. The van der Waals surface area contributed by atoms with Gasteiger partial charge in [-0.3, -0.25) is 9.59 Å². The van der Waals surface area contributed by atoms with Gasteiger partial charge < -0.3 is 10.6 Å². The lowest BCUT2D eigenvalue weighted by atomic mass is 9.90. The summed E-state index contributed by atoms with van der Waals surface area (Å²) in [6.45, 7) is 5.15. The molecule has 0 saturated carbocycles. The van der Waals surface area contributed by atoms with Crippen molar-refractivity contribution in [3.63, 3.8) is 0 Å². The van der Waals surface area contributed by atoms with E-state index in [1.165, 1.54) is 24.4 Å². The normalized spacial score (nSPS) is 16.1. The van der Waals surface area contributed by atoms with Crippen molar-refractivity contribution in [1.82, 2.24) is 10.3 Å². The van der Waals surface area contributed by atoms with Crippen molar-refractivity contribution >= 4 is 53.9 Å². The lowest BCUT2D eigenvalue weighted by molar-refractivity contribution is -0.117. The third-order valence-electron chi connectivity index (χ3n) is 4.77. The summed E-state index contributed by atoms with van der Waals surface area (Å²) in [6.07, 6.45) is -4.13. The zero-order valence-electron chi connectivity index (χ0n) is 18.0. The molecule has 0 fully saturated rings. The third kappa shape index (κ3) is 5.47. The predicted octanol–water partition coefficient (Wildman–Crippen LogP) is 3.11. The number of nitrogens with one attached hydrogen (secondary N) is 2. The van der Waals surface area contributed by atoms with Gasteiger partial charge in [0.25, 0.3) is 5.91 Å². The number of alkyl halides is 3. The SMILES string of the molecule is [B]c1cc(C)c(NC(=O)C2CC(C(F)(F)F)=NN2c2ncccc2Cl)c(C(=O)NC(C)C)c1. The van der Waals surface area contributed by atoms with E-state index in [1.807, 2.05) is 0 Å². The highest BCUT2D eigenvalue weighted by molar-refractivity contribution is 6.33. The van der Waals surface area contributed by atoms with Crippen LogP contribution < -0.4 is 21.1 Å². The first-order chi connectivity index (χ1) is 15.4. The van der Waals surface area contributed by atoms with E-state index in [2.05, 4.69) is 20.7 Å². The Hall–Kier alpha value is -3.08. The van der Waals surface area contributed by atoms with Gasteiger partial charge in [0.2, 0.25) is 5.91 Å². The van der Waals surface area contributed by atoms with Crippen LogP contribution in [0.2, 0.25) is 5.02 Å². The molecule has 1 aliphatic rings. The highest BCUT2D eigenvalue weighted by atomic mass is 35.5. The molecule has 1 atom stereocenters. The first kappa shape index (κ1) is 24.6. The van der Waals surface area contributed by atoms with E-state index in [9.17, 15) is 22.8 Å². The number of amides is 2. The maximum atomic E-state index is 13.4. The topological polar surface area (TPSA) is 86.7 Å². The van der Waals surface area contributed by atoms with Crippen LogP contribution in [0.15, 0.2) is 35.6 Å². The molecule has 2 amide bonds. The van der Waals surface area contributed by atoms with Crippen molar-refractivity contribution in [2.24, 2.45) is 5.10 Å². The Kier molecular flexibility index (Phi) is 7.01. The van der Waals surface area contributed by atoms with Gasteiger partial charge in [-0.2, -0.15) is 18.3 Å². The predicted molar refractivity (Wildman–Crippen MR) is 121 cm³/mol.